The predicted molar refractivity (Wildman–Crippen MR) is 82.4 cm³/mol. The van der Waals surface area contributed by atoms with Gasteiger partial charge in [-0.05, 0) is 36.8 Å². The molecule has 21 heavy (non-hydrogen) atoms. The highest BCUT2D eigenvalue weighted by Gasteiger charge is 2.10. The lowest BCUT2D eigenvalue weighted by Gasteiger charge is -2.08. The molecule has 0 aliphatic heterocycles. The van der Waals surface area contributed by atoms with Crippen molar-refractivity contribution >= 4 is 28.9 Å². The first kappa shape index (κ1) is 15.3. The van der Waals surface area contributed by atoms with Crippen LogP contribution in [-0.4, -0.2) is 17.4 Å². The molecule has 0 unspecified atom stereocenters. The van der Waals surface area contributed by atoms with E-state index in [0.717, 1.165) is 24.7 Å². The second-order valence-electron chi connectivity index (χ2n) is 4.44. The normalized spacial score (nSPS) is 10.2. The van der Waals surface area contributed by atoms with E-state index in [2.05, 4.69) is 22.5 Å². The van der Waals surface area contributed by atoms with E-state index in [-0.39, 0.29) is 16.4 Å². The summed E-state index contributed by atoms with van der Waals surface area (Å²) in [6.45, 7) is 2.90. The van der Waals surface area contributed by atoms with Crippen LogP contribution >= 0.6 is 11.6 Å². The van der Waals surface area contributed by atoms with Crippen LogP contribution < -0.4 is 10.6 Å². The van der Waals surface area contributed by atoms with Crippen LogP contribution in [0.15, 0.2) is 36.5 Å². The first-order valence-electron chi connectivity index (χ1n) is 6.56. The van der Waals surface area contributed by atoms with Crippen LogP contribution in [0, 0.1) is 5.82 Å². The largest absolute Gasteiger partial charge is 0.384 e. The zero-order valence-corrected chi connectivity index (χ0v) is 12.2. The topological polar surface area (TPSA) is 54.0 Å². The van der Waals surface area contributed by atoms with Crippen molar-refractivity contribution in [3.63, 3.8) is 0 Å². The Balaban J connectivity index is 2.07. The highest BCUT2D eigenvalue weighted by Crippen LogP contribution is 2.22. The minimum absolute atomic E-state index is 0.219. The third kappa shape index (κ3) is 4.16. The van der Waals surface area contributed by atoms with Crippen molar-refractivity contribution in [2.75, 3.05) is 17.2 Å². The molecule has 0 bridgehead atoms. The summed E-state index contributed by atoms with van der Waals surface area (Å²) in [4.78, 5) is 16.1. The molecule has 0 spiro atoms. The van der Waals surface area contributed by atoms with Gasteiger partial charge in [0.1, 0.15) is 11.5 Å². The molecular formula is C15H15ClFN3O. The van der Waals surface area contributed by atoms with Crippen LogP contribution in [0.25, 0.3) is 0 Å². The maximum atomic E-state index is 13.1. The van der Waals surface area contributed by atoms with E-state index < -0.39 is 11.7 Å². The van der Waals surface area contributed by atoms with Gasteiger partial charge in [0.05, 0.1) is 22.6 Å². The first-order chi connectivity index (χ1) is 10.1. The SMILES string of the molecule is CCCNc1ccc(C(=O)Nc2cc(F)ccc2Cl)nc1. The average molecular weight is 308 g/mol. The molecule has 0 atom stereocenters. The van der Waals surface area contributed by atoms with E-state index in [1.165, 1.54) is 12.1 Å². The predicted octanol–water partition coefficient (Wildman–Crippen LogP) is 3.95. The zero-order valence-electron chi connectivity index (χ0n) is 11.5. The van der Waals surface area contributed by atoms with E-state index in [1.54, 1.807) is 18.3 Å². The van der Waals surface area contributed by atoms with E-state index in [4.69, 9.17) is 11.6 Å². The Morgan fingerprint density at radius 2 is 2.14 bits per heavy atom. The molecule has 0 saturated heterocycles. The van der Waals surface area contributed by atoms with Crippen LogP contribution in [0.1, 0.15) is 23.8 Å². The third-order valence-electron chi connectivity index (χ3n) is 2.75. The van der Waals surface area contributed by atoms with Gasteiger partial charge in [-0.3, -0.25) is 4.79 Å². The van der Waals surface area contributed by atoms with Crippen molar-refractivity contribution in [3.8, 4) is 0 Å². The van der Waals surface area contributed by atoms with Gasteiger partial charge in [-0.1, -0.05) is 18.5 Å². The second-order valence-corrected chi connectivity index (χ2v) is 4.84. The van der Waals surface area contributed by atoms with Crippen molar-refractivity contribution in [1.29, 1.82) is 0 Å². The molecular weight excluding hydrogens is 293 g/mol. The maximum absolute atomic E-state index is 13.1. The van der Waals surface area contributed by atoms with Crippen molar-refractivity contribution in [3.05, 3.63) is 53.1 Å². The standard InChI is InChI=1S/C15H15ClFN3O/c1-2-7-18-11-4-6-13(19-9-11)15(21)20-14-8-10(17)3-5-12(14)16/h3-6,8-9,18H,2,7H2,1H3,(H,20,21). The molecule has 1 aromatic heterocycles. The van der Waals surface area contributed by atoms with Gasteiger partial charge in [0.2, 0.25) is 0 Å². The molecule has 2 rings (SSSR count). The lowest BCUT2D eigenvalue weighted by Crippen LogP contribution is -2.14. The Labute approximate surface area is 127 Å². The number of hydrogen-bond acceptors (Lipinski definition) is 3. The maximum Gasteiger partial charge on any atom is 0.274 e. The summed E-state index contributed by atoms with van der Waals surface area (Å²) in [6, 6.07) is 7.14. The monoisotopic (exact) mass is 307 g/mol. The third-order valence-corrected chi connectivity index (χ3v) is 3.08. The van der Waals surface area contributed by atoms with Gasteiger partial charge in [-0.25, -0.2) is 9.37 Å². The molecule has 1 amide bonds. The van der Waals surface area contributed by atoms with E-state index >= 15 is 0 Å². The van der Waals surface area contributed by atoms with Gasteiger partial charge in [0.25, 0.3) is 5.91 Å². The number of rotatable bonds is 5. The van der Waals surface area contributed by atoms with Gasteiger partial charge >= 0.3 is 0 Å². The highest BCUT2D eigenvalue weighted by molar-refractivity contribution is 6.33. The zero-order chi connectivity index (χ0) is 15.2. The molecule has 2 N–H and O–H groups in total. The fourth-order valence-corrected chi connectivity index (χ4v) is 1.85. The number of aromatic nitrogens is 1. The lowest BCUT2D eigenvalue weighted by atomic mass is 10.2. The van der Waals surface area contributed by atoms with Gasteiger partial charge in [-0.2, -0.15) is 0 Å². The molecule has 2 aromatic rings. The minimum Gasteiger partial charge on any atom is -0.384 e. The number of nitrogens with one attached hydrogen (secondary N) is 2. The Kier molecular flexibility index (Phi) is 5.11. The molecule has 6 heteroatoms. The molecule has 0 aliphatic carbocycles. The molecule has 0 aliphatic rings. The molecule has 4 nitrogen and oxygen atoms in total. The summed E-state index contributed by atoms with van der Waals surface area (Å²) >= 11 is 5.90. The van der Waals surface area contributed by atoms with Gasteiger partial charge in [-0.15, -0.1) is 0 Å². The molecule has 110 valence electrons. The average Bonchev–Trinajstić information content (AvgIpc) is 2.49. The van der Waals surface area contributed by atoms with Crippen LogP contribution in [0.3, 0.4) is 0 Å². The summed E-state index contributed by atoms with van der Waals surface area (Å²) in [7, 11) is 0. The molecule has 0 fully saturated rings. The lowest BCUT2D eigenvalue weighted by molar-refractivity contribution is 0.102. The van der Waals surface area contributed by atoms with Gasteiger partial charge in [0.15, 0.2) is 0 Å². The van der Waals surface area contributed by atoms with Gasteiger partial charge < -0.3 is 10.6 Å². The van der Waals surface area contributed by atoms with E-state index in [1.807, 2.05) is 0 Å². The van der Waals surface area contributed by atoms with Crippen LogP contribution in [0.4, 0.5) is 15.8 Å². The summed E-state index contributed by atoms with van der Waals surface area (Å²) in [6.07, 6.45) is 2.58. The highest BCUT2D eigenvalue weighted by atomic mass is 35.5. The van der Waals surface area contributed by atoms with Crippen molar-refractivity contribution < 1.29 is 9.18 Å². The Morgan fingerprint density at radius 1 is 1.33 bits per heavy atom. The number of carbonyl (C=O) groups is 1. The minimum atomic E-state index is -0.471. The number of pyridine rings is 1. The molecule has 0 saturated carbocycles. The fraction of sp³-hybridized carbons (Fsp3) is 0.200. The van der Waals surface area contributed by atoms with Gasteiger partial charge in [0, 0.05) is 6.54 Å². The van der Waals surface area contributed by atoms with Crippen molar-refractivity contribution in [2.45, 2.75) is 13.3 Å². The fourth-order valence-electron chi connectivity index (χ4n) is 1.68. The smallest absolute Gasteiger partial charge is 0.274 e. The van der Waals surface area contributed by atoms with Crippen molar-refractivity contribution in [2.24, 2.45) is 0 Å². The number of carbonyl (C=O) groups excluding carboxylic acids is 1. The summed E-state index contributed by atoms with van der Waals surface area (Å²) in [5.41, 5.74) is 1.30. The number of hydrogen-bond donors (Lipinski definition) is 2. The van der Waals surface area contributed by atoms with Crippen molar-refractivity contribution in [1.82, 2.24) is 4.98 Å². The Hall–Kier alpha value is -2.14. The van der Waals surface area contributed by atoms with Crippen LogP contribution in [0.2, 0.25) is 5.02 Å². The van der Waals surface area contributed by atoms with Crippen LogP contribution in [-0.2, 0) is 0 Å². The second kappa shape index (κ2) is 7.04. The summed E-state index contributed by atoms with van der Waals surface area (Å²) < 4.78 is 13.1. The summed E-state index contributed by atoms with van der Waals surface area (Å²) in [5.74, 6) is -0.911. The number of nitrogens with zero attached hydrogens (tertiary/aromatic N) is 1. The Morgan fingerprint density at radius 3 is 2.81 bits per heavy atom. The number of halogens is 2. The Bertz CT molecular complexity index is 631. The summed E-state index contributed by atoms with van der Waals surface area (Å²) in [5, 5.41) is 5.97. The molecule has 1 heterocycles. The number of benzene rings is 1. The van der Waals surface area contributed by atoms with Crippen LogP contribution in [0.5, 0.6) is 0 Å². The quantitative estimate of drug-likeness (QED) is 0.879. The van der Waals surface area contributed by atoms with E-state index in [0.29, 0.717) is 0 Å². The first-order valence-corrected chi connectivity index (χ1v) is 6.94. The molecule has 0 radical (unpaired) electrons. The number of amides is 1. The molecule has 1 aromatic carbocycles. The number of anilines is 2. The van der Waals surface area contributed by atoms with E-state index in [9.17, 15) is 9.18 Å².